The molecule has 7 heteroatoms. The SMILES string of the molecule is CN=C(NCc1csc(C(C)C)n1)NC1CCN(c2cccc(F)c2)CC1. The van der Waals surface area contributed by atoms with Crippen molar-refractivity contribution < 1.29 is 4.39 Å². The van der Waals surface area contributed by atoms with Gasteiger partial charge in [-0.1, -0.05) is 19.9 Å². The Balaban J connectivity index is 1.46. The van der Waals surface area contributed by atoms with Gasteiger partial charge in [0, 0.05) is 43.2 Å². The second-order valence-corrected chi connectivity index (χ2v) is 8.03. The number of rotatable bonds is 5. The second kappa shape index (κ2) is 9.17. The summed E-state index contributed by atoms with van der Waals surface area (Å²) < 4.78 is 13.4. The van der Waals surface area contributed by atoms with Crippen LogP contribution in [0.3, 0.4) is 0 Å². The van der Waals surface area contributed by atoms with E-state index >= 15 is 0 Å². The zero-order valence-electron chi connectivity index (χ0n) is 16.2. The van der Waals surface area contributed by atoms with Crippen molar-refractivity contribution in [3.63, 3.8) is 0 Å². The van der Waals surface area contributed by atoms with E-state index in [0.717, 1.165) is 43.3 Å². The summed E-state index contributed by atoms with van der Waals surface area (Å²) in [6.45, 7) is 6.80. The van der Waals surface area contributed by atoms with Crippen LogP contribution in [0.15, 0.2) is 34.6 Å². The number of anilines is 1. The van der Waals surface area contributed by atoms with E-state index in [1.165, 1.54) is 11.1 Å². The summed E-state index contributed by atoms with van der Waals surface area (Å²) in [6, 6.07) is 7.19. The smallest absolute Gasteiger partial charge is 0.191 e. The summed E-state index contributed by atoms with van der Waals surface area (Å²) in [6.07, 6.45) is 1.98. The Bertz CT molecular complexity index is 765. The fourth-order valence-electron chi connectivity index (χ4n) is 3.19. The first-order valence-electron chi connectivity index (χ1n) is 9.47. The van der Waals surface area contributed by atoms with Gasteiger partial charge in [0.1, 0.15) is 5.82 Å². The topological polar surface area (TPSA) is 52.6 Å². The van der Waals surface area contributed by atoms with E-state index in [-0.39, 0.29) is 5.82 Å². The van der Waals surface area contributed by atoms with Crippen molar-refractivity contribution >= 4 is 23.0 Å². The average Bonchev–Trinajstić information content (AvgIpc) is 3.15. The predicted molar refractivity (Wildman–Crippen MR) is 111 cm³/mol. The number of benzene rings is 1. The maximum absolute atomic E-state index is 13.4. The largest absolute Gasteiger partial charge is 0.371 e. The molecule has 0 radical (unpaired) electrons. The first-order valence-corrected chi connectivity index (χ1v) is 10.3. The third-order valence-corrected chi connectivity index (χ3v) is 5.93. The molecule has 0 amide bonds. The molecule has 1 aromatic heterocycles. The Morgan fingerprint density at radius 3 is 2.78 bits per heavy atom. The van der Waals surface area contributed by atoms with E-state index < -0.39 is 0 Å². The molecule has 0 atom stereocenters. The summed E-state index contributed by atoms with van der Waals surface area (Å²) in [5.41, 5.74) is 2.01. The summed E-state index contributed by atoms with van der Waals surface area (Å²) in [4.78, 5) is 11.2. The Labute approximate surface area is 164 Å². The van der Waals surface area contributed by atoms with Crippen LogP contribution in [0.4, 0.5) is 10.1 Å². The number of aliphatic imine (C=N–C) groups is 1. The lowest BCUT2D eigenvalue weighted by Gasteiger charge is -2.34. The van der Waals surface area contributed by atoms with Gasteiger partial charge in [-0.25, -0.2) is 9.37 Å². The molecule has 0 spiro atoms. The van der Waals surface area contributed by atoms with Gasteiger partial charge < -0.3 is 15.5 Å². The van der Waals surface area contributed by atoms with Crippen molar-refractivity contribution in [1.29, 1.82) is 0 Å². The summed E-state index contributed by atoms with van der Waals surface area (Å²) >= 11 is 1.71. The molecule has 1 aliphatic heterocycles. The molecule has 0 saturated carbocycles. The molecular formula is C20H28FN5S. The standard InChI is InChI=1S/C20H28FN5S/c1-14(2)19-24-17(13-27-19)12-23-20(22-3)25-16-7-9-26(10-8-16)18-6-4-5-15(21)11-18/h4-6,11,13-14,16H,7-10,12H2,1-3H3,(H2,22,23,25). The highest BCUT2D eigenvalue weighted by Gasteiger charge is 2.20. The number of aromatic nitrogens is 1. The number of piperidine rings is 1. The van der Waals surface area contributed by atoms with Gasteiger partial charge in [0.15, 0.2) is 5.96 Å². The monoisotopic (exact) mass is 389 g/mol. The second-order valence-electron chi connectivity index (χ2n) is 7.14. The zero-order chi connectivity index (χ0) is 19.2. The lowest BCUT2D eigenvalue weighted by molar-refractivity contribution is 0.461. The molecule has 3 rings (SSSR count). The van der Waals surface area contributed by atoms with E-state index in [4.69, 9.17) is 0 Å². The number of thiazole rings is 1. The van der Waals surface area contributed by atoms with Crippen LogP contribution >= 0.6 is 11.3 Å². The molecule has 1 aliphatic rings. The normalized spacial score (nSPS) is 16.0. The number of guanidine groups is 1. The molecule has 2 N–H and O–H groups in total. The van der Waals surface area contributed by atoms with Gasteiger partial charge in [0.05, 0.1) is 17.2 Å². The first kappa shape index (κ1) is 19.6. The van der Waals surface area contributed by atoms with Crippen molar-refractivity contribution in [2.45, 2.75) is 45.2 Å². The molecule has 27 heavy (non-hydrogen) atoms. The molecule has 2 heterocycles. The van der Waals surface area contributed by atoms with Crippen LogP contribution in [0.5, 0.6) is 0 Å². The predicted octanol–water partition coefficient (Wildman–Crippen LogP) is 3.74. The minimum atomic E-state index is -0.181. The number of nitrogens with one attached hydrogen (secondary N) is 2. The van der Waals surface area contributed by atoms with Crippen LogP contribution < -0.4 is 15.5 Å². The van der Waals surface area contributed by atoms with Gasteiger partial charge in [-0.3, -0.25) is 4.99 Å². The van der Waals surface area contributed by atoms with Crippen molar-refractivity contribution in [1.82, 2.24) is 15.6 Å². The van der Waals surface area contributed by atoms with Crippen LogP contribution in [-0.4, -0.2) is 37.1 Å². The van der Waals surface area contributed by atoms with Crippen LogP contribution in [-0.2, 0) is 6.54 Å². The molecule has 0 bridgehead atoms. The molecule has 146 valence electrons. The molecular weight excluding hydrogens is 361 g/mol. The van der Waals surface area contributed by atoms with E-state index in [9.17, 15) is 4.39 Å². The Hall–Kier alpha value is -2.15. The lowest BCUT2D eigenvalue weighted by Crippen LogP contribution is -2.48. The Morgan fingerprint density at radius 2 is 2.15 bits per heavy atom. The third kappa shape index (κ3) is 5.42. The molecule has 0 aliphatic carbocycles. The first-order chi connectivity index (χ1) is 13.0. The minimum Gasteiger partial charge on any atom is -0.371 e. The zero-order valence-corrected chi connectivity index (χ0v) is 17.0. The average molecular weight is 390 g/mol. The fraction of sp³-hybridized carbons (Fsp3) is 0.500. The fourth-order valence-corrected chi connectivity index (χ4v) is 4.02. The highest BCUT2D eigenvalue weighted by molar-refractivity contribution is 7.09. The lowest BCUT2D eigenvalue weighted by atomic mass is 10.0. The molecule has 1 fully saturated rings. The highest BCUT2D eigenvalue weighted by atomic mass is 32.1. The number of hydrogen-bond donors (Lipinski definition) is 2. The van der Waals surface area contributed by atoms with Gasteiger partial charge in [-0.2, -0.15) is 0 Å². The van der Waals surface area contributed by atoms with Gasteiger partial charge in [-0.15, -0.1) is 11.3 Å². The van der Waals surface area contributed by atoms with Crippen LogP contribution in [0.25, 0.3) is 0 Å². The van der Waals surface area contributed by atoms with Gasteiger partial charge in [0.2, 0.25) is 0 Å². The van der Waals surface area contributed by atoms with Crippen LogP contribution in [0.1, 0.15) is 43.3 Å². The Morgan fingerprint density at radius 1 is 1.37 bits per heavy atom. The van der Waals surface area contributed by atoms with E-state index in [1.807, 2.05) is 6.07 Å². The Kier molecular flexibility index (Phi) is 6.66. The maximum atomic E-state index is 13.4. The van der Waals surface area contributed by atoms with Crippen molar-refractivity contribution in [3.05, 3.63) is 46.2 Å². The summed E-state index contributed by atoms with van der Waals surface area (Å²) in [7, 11) is 1.79. The van der Waals surface area contributed by atoms with E-state index in [2.05, 4.69) is 44.7 Å². The molecule has 2 aromatic rings. The number of nitrogens with zero attached hydrogens (tertiary/aromatic N) is 3. The summed E-state index contributed by atoms with van der Waals surface area (Å²) in [5.74, 6) is 1.09. The molecule has 5 nitrogen and oxygen atoms in total. The third-order valence-electron chi connectivity index (χ3n) is 4.73. The van der Waals surface area contributed by atoms with Gasteiger partial charge >= 0.3 is 0 Å². The van der Waals surface area contributed by atoms with Gasteiger partial charge in [-0.05, 0) is 31.0 Å². The molecule has 1 aromatic carbocycles. The van der Waals surface area contributed by atoms with Crippen LogP contribution in [0, 0.1) is 5.82 Å². The van der Waals surface area contributed by atoms with Crippen molar-refractivity contribution in [2.24, 2.45) is 4.99 Å². The number of halogens is 1. The minimum absolute atomic E-state index is 0.181. The van der Waals surface area contributed by atoms with E-state index in [1.54, 1.807) is 30.5 Å². The maximum Gasteiger partial charge on any atom is 0.191 e. The highest BCUT2D eigenvalue weighted by Crippen LogP contribution is 2.21. The summed E-state index contributed by atoms with van der Waals surface area (Å²) in [5, 5.41) is 10.1. The quantitative estimate of drug-likeness (QED) is 0.604. The molecule has 1 saturated heterocycles. The van der Waals surface area contributed by atoms with Gasteiger partial charge in [0.25, 0.3) is 0 Å². The van der Waals surface area contributed by atoms with Crippen molar-refractivity contribution in [3.8, 4) is 0 Å². The van der Waals surface area contributed by atoms with Crippen LogP contribution in [0.2, 0.25) is 0 Å². The number of hydrogen-bond acceptors (Lipinski definition) is 4. The molecule has 0 unspecified atom stereocenters. The van der Waals surface area contributed by atoms with E-state index in [0.29, 0.717) is 18.5 Å². The van der Waals surface area contributed by atoms with Crippen molar-refractivity contribution in [2.75, 3.05) is 25.0 Å².